The Morgan fingerprint density at radius 3 is 2.26 bits per heavy atom. The lowest BCUT2D eigenvalue weighted by molar-refractivity contribution is -0.162. The van der Waals surface area contributed by atoms with Gasteiger partial charge in [-0.2, -0.15) is 0 Å². The molecule has 4 aliphatic rings. The smallest absolute Gasteiger partial charge is 0.309 e. The van der Waals surface area contributed by atoms with Gasteiger partial charge in [0.05, 0.1) is 39.6 Å². The van der Waals surface area contributed by atoms with Crippen LogP contribution in [0.25, 0.3) is 0 Å². The van der Waals surface area contributed by atoms with Gasteiger partial charge in [-0.3, -0.25) is 4.79 Å². The summed E-state index contributed by atoms with van der Waals surface area (Å²) in [7, 11) is 0. The lowest BCUT2D eigenvalue weighted by atomic mass is 9.48. The monoisotopic (exact) mass is 482 g/mol. The predicted octanol–water partition coefficient (Wildman–Crippen LogP) is 3.39. The fourth-order valence-electron chi connectivity index (χ4n) is 8.57. The molecule has 6 heteroatoms. The number of aliphatic hydroxyl groups is 4. The van der Waals surface area contributed by atoms with Crippen LogP contribution in [0.1, 0.15) is 82.8 Å². The summed E-state index contributed by atoms with van der Waals surface area (Å²) in [4.78, 5) is 13.2. The van der Waals surface area contributed by atoms with Crippen molar-refractivity contribution in [2.24, 2.45) is 58.2 Å². The second kappa shape index (κ2) is 9.32. The van der Waals surface area contributed by atoms with Crippen molar-refractivity contribution in [2.45, 2.75) is 104 Å². The second-order valence-electron chi connectivity index (χ2n) is 13.1. The van der Waals surface area contributed by atoms with Crippen molar-refractivity contribution >= 4 is 5.97 Å². The number of cyclic esters (lactones) is 1. The minimum Gasteiger partial charge on any atom is -0.465 e. The van der Waals surface area contributed by atoms with Gasteiger partial charge >= 0.3 is 5.97 Å². The number of fused-ring (bicyclic) bond motifs is 5. The molecule has 0 aromatic rings. The Morgan fingerprint density at radius 1 is 0.971 bits per heavy atom. The third kappa shape index (κ3) is 4.05. The second-order valence-corrected chi connectivity index (χ2v) is 13.1. The van der Waals surface area contributed by atoms with E-state index in [4.69, 9.17) is 7.48 Å². The fourth-order valence-corrected chi connectivity index (χ4v) is 8.57. The van der Waals surface area contributed by atoms with E-state index in [1.54, 1.807) is 0 Å². The van der Waals surface area contributed by atoms with Gasteiger partial charge in [-0.1, -0.05) is 41.5 Å². The Bertz CT molecular complexity index is 837. The molecule has 3 saturated carbocycles. The number of hydrogen-bond donors (Lipinski definition) is 4. The molecule has 1 heterocycles. The molecular formula is C28H48O6. The molecule has 0 aromatic heterocycles. The van der Waals surface area contributed by atoms with E-state index in [1.807, 2.05) is 34.6 Å². The maximum atomic E-state index is 13.2. The van der Waals surface area contributed by atoms with Crippen LogP contribution in [-0.4, -0.2) is 57.4 Å². The first kappa shape index (κ1) is 23.7. The van der Waals surface area contributed by atoms with E-state index in [0.29, 0.717) is 6.42 Å². The van der Waals surface area contributed by atoms with Gasteiger partial charge in [-0.15, -0.1) is 0 Å². The highest BCUT2D eigenvalue weighted by Crippen LogP contribution is 2.66. The Kier molecular flexibility index (Phi) is 6.49. The molecule has 0 aromatic carbocycles. The van der Waals surface area contributed by atoms with Crippen LogP contribution in [0.5, 0.6) is 0 Å². The number of esters is 1. The van der Waals surface area contributed by atoms with Crippen molar-refractivity contribution in [3.05, 3.63) is 0 Å². The van der Waals surface area contributed by atoms with Gasteiger partial charge in [0.25, 0.3) is 0 Å². The molecule has 0 radical (unpaired) electrons. The normalized spacial score (nSPS) is 50.4. The summed E-state index contributed by atoms with van der Waals surface area (Å²) in [5.41, 5.74) is -0.914. The molecule has 6 nitrogen and oxygen atoms in total. The summed E-state index contributed by atoms with van der Waals surface area (Å²) >= 11 is 0. The Labute approximate surface area is 208 Å². The van der Waals surface area contributed by atoms with Crippen LogP contribution in [0.2, 0.25) is 0 Å². The molecular weight excluding hydrogens is 432 g/mol. The van der Waals surface area contributed by atoms with Gasteiger partial charge in [0.15, 0.2) is 0 Å². The SMILES string of the molecule is [2H]C1([2H])OC(=O)[C@H]2C[C@H](O)[C@H](O)C[C@]2(C)[C@H]2CC[C@]3(C)[C@@H]([C@H](C)[C@@H](O)[C@H](O)[C@H](C)C(C)C)CC[C@H]3[C@@H]21. The lowest BCUT2D eigenvalue weighted by Crippen LogP contribution is -2.55. The predicted molar refractivity (Wildman–Crippen MR) is 130 cm³/mol. The zero-order valence-electron chi connectivity index (χ0n) is 23.8. The molecule has 0 bridgehead atoms. The van der Waals surface area contributed by atoms with Crippen molar-refractivity contribution in [1.82, 2.24) is 0 Å². The molecule has 4 N–H and O–H groups in total. The third-order valence-corrected chi connectivity index (χ3v) is 11.3. The number of carbonyl (C=O) groups excluding carboxylic acids is 1. The van der Waals surface area contributed by atoms with E-state index >= 15 is 0 Å². The molecule has 0 spiro atoms. The number of hydrogen-bond acceptors (Lipinski definition) is 6. The van der Waals surface area contributed by atoms with Crippen LogP contribution >= 0.6 is 0 Å². The van der Waals surface area contributed by atoms with Crippen molar-refractivity contribution in [2.75, 3.05) is 6.56 Å². The van der Waals surface area contributed by atoms with Crippen molar-refractivity contribution < 1.29 is 32.7 Å². The van der Waals surface area contributed by atoms with Gasteiger partial charge in [-0.25, -0.2) is 0 Å². The fraction of sp³-hybridized carbons (Fsp3) is 0.964. The van der Waals surface area contributed by atoms with Crippen LogP contribution in [0.4, 0.5) is 0 Å². The minimum absolute atomic E-state index is 0.0384. The first-order chi connectivity index (χ1) is 16.6. The first-order valence-corrected chi connectivity index (χ1v) is 13.5. The number of carbonyl (C=O) groups is 1. The van der Waals surface area contributed by atoms with Crippen LogP contribution in [0.3, 0.4) is 0 Å². The largest absolute Gasteiger partial charge is 0.465 e. The number of rotatable bonds is 5. The molecule has 3 aliphatic carbocycles. The highest BCUT2D eigenvalue weighted by molar-refractivity contribution is 5.74. The van der Waals surface area contributed by atoms with Crippen LogP contribution in [0.15, 0.2) is 0 Å². The summed E-state index contributed by atoms with van der Waals surface area (Å²) in [5.74, 6) is -1.80. The van der Waals surface area contributed by atoms with Gasteiger partial charge < -0.3 is 25.2 Å². The average molecular weight is 483 g/mol. The summed E-state index contributed by atoms with van der Waals surface area (Å²) in [6.45, 7) is 10.1. The molecule has 0 amide bonds. The maximum absolute atomic E-state index is 13.2. The maximum Gasteiger partial charge on any atom is 0.309 e. The Hall–Kier alpha value is -0.690. The molecule has 1 aliphatic heterocycles. The lowest BCUT2D eigenvalue weighted by Gasteiger charge is -2.56. The van der Waals surface area contributed by atoms with E-state index in [9.17, 15) is 25.2 Å². The Balaban J connectivity index is 1.66. The average Bonchev–Trinajstić information content (AvgIpc) is 3.12. The standard InChI is InChI=1S/C28H48O6/c1-14(2)15(3)24(31)25(32)16(4)18-7-8-19-17-13-34-26(33)21-11-22(29)23(30)12-28(21,6)20(17)9-10-27(18,19)5/h14-25,29-32H,7-13H2,1-6H3/t15-,16+,17+,18-,19+,20+,21-,22+,23-,24-,25-,27-,28-/m1/s1/i13D2. The number of aliphatic hydroxyl groups excluding tert-OH is 4. The van der Waals surface area contributed by atoms with Crippen molar-refractivity contribution in [1.29, 1.82) is 0 Å². The molecule has 34 heavy (non-hydrogen) atoms. The molecule has 4 rings (SSSR count). The van der Waals surface area contributed by atoms with Gasteiger partial charge in [0.2, 0.25) is 0 Å². The van der Waals surface area contributed by atoms with E-state index < -0.39 is 54.2 Å². The first-order valence-electron chi connectivity index (χ1n) is 14.5. The topological polar surface area (TPSA) is 107 Å². The summed E-state index contributed by atoms with van der Waals surface area (Å²) < 4.78 is 23.5. The minimum atomic E-state index is -2.15. The summed E-state index contributed by atoms with van der Waals surface area (Å²) in [6, 6.07) is 0. The van der Waals surface area contributed by atoms with Gasteiger partial charge in [0, 0.05) is 0 Å². The van der Waals surface area contributed by atoms with Crippen molar-refractivity contribution in [3.8, 4) is 0 Å². The van der Waals surface area contributed by atoms with E-state index in [-0.39, 0.29) is 53.8 Å². The summed E-state index contributed by atoms with van der Waals surface area (Å²) in [6.07, 6.45) is -0.134. The van der Waals surface area contributed by atoms with Gasteiger partial charge in [0.1, 0.15) is 0 Å². The quantitative estimate of drug-likeness (QED) is 0.448. The van der Waals surface area contributed by atoms with Crippen molar-refractivity contribution in [3.63, 3.8) is 0 Å². The van der Waals surface area contributed by atoms with Gasteiger partial charge in [-0.05, 0) is 90.8 Å². The molecule has 1 saturated heterocycles. The zero-order valence-corrected chi connectivity index (χ0v) is 21.8. The van der Waals surface area contributed by atoms with E-state index in [2.05, 4.69) is 6.92 Å². The van der Waals surface area contributed by atoms with E-state index in [1.165, 1.54) is 0 Å². The van der Waals surface area contributed by atoms with Crippen LogP contribution in [0, 0.1) is 58.2 Å². The molecule has 4 fully saturated rings. The Morgan fingerprint density at radius 2 is 1.62 bits per heavy atom. The highest BCUT2D eigenvalue weighted by Gasteiger charge is 2.63. The van der Waals surface area contributed by atoms with E-state index in [0.717, 1.165) is 19.3 Å². The molecule has 13 atom stereocenters. The third-order valence-electron chi connectivity index (χ3n) is 11.3. The molecule has 0 unspecified atom stereocenters. The van der Waals surface area contributed by atoms with Crippen LogP contribution in [-0.2, 0) is 9.53 Å². The molecule has 196 valence electrons. The number of ether oxygens (including phenoxy) is 1. The zero-order chi connectivity index (χ0) is 27.0. The van der Waals surface area contributed by atoms with Crippen LogP contribution < -0.4 is 0 Å². The highest BCUT2D eigenvalue weighted by atomic mass is 16.5. The summed E-state index contributed by atoms with van der Waals surface area (Å²) in [5, 5.41) is 43.0.